The molecule has 0 saturated heterocycles. The highest BCUT2D eigenvalue weighted by Gasteiger charge is 2.33. The van der Waals surface area contributed by atoms with Crippen LogP contribution >= 0.6 is 15.9 Å². The molecule has 0 fully saturated rings. The maximum Gasteiger partial charge on any atom is 0.573 e. The lowest BCUT2D eigenvalue weighted by Gasteiger charge is -2.10. The van der Waals surface area contributed by atoms with Gasteiger partial charge in [0.1, 0.15) is 10.5 Å². The van der Waals surface area contributed by atoms with Crippen LogP contribution in [0.3, 0.4) is 0 Å². The Labute approximate surface area is 90.0 Å². The SMILES string of the molecule is N#Cc1ncc(OC(F)(F)F)c(Br)c1O. The molecule has 1 heterocycles. The summed E-state index contributed by atoms with van der Waals surface area (Å²) in [4.78, 5) is 3.28. The molecule has 0 saturated carbocycles. The molecule has 0 atom stereocenters. The fourth-order valence-corrected chi connectivity index (χ4v) is 1.11. The van der Waals surface area contributed by atoms with E-state index in [4.69, 9.17) is 5.26 Å². The second-order valence-electron chi connectivity index (χ2n) is 2.29. The van der Waals surface area contributed by atoms with Crippen LogP contribution in [0.15, 0.2) is 10.7 Å². The Morgan fingerprint density at radius 2 is 2.13 bits per heavy atom. The second-order valence-corrected chi connectivity index (χ2v) is 3.09. The zero-order valence-electron chi connectivity index (χ0n) is 6.84. The van der Waals surface area contributed by atoms with E-state index in [1.807, 2.05) is 0 Å². The van der Waals surface area contributed by atoms with Crippen molar-refractivity contribution >= 4 is 15.9 Å². The smallest absolute Gasteiger partial charge is 0.504 e. The summed E-state index contributed by atoms with van der Waals surface area (Å²) in [5, 5.41) is 17.6. The van der Waals surface area contributed by atoms with Crippen molar-refractivity contribution in [3.63, 3.8) is 0 Å². The molecule has 0 aliphatic carbocycles. The van der Waals surface area contributed by atoms with Crippen molar-refractivity contribution in [3.05, 3.63) is 16.4 Å². The summed E-state index contributed by atoms with van der Waals surface area (Å²) in [6.07, 6.45) is -4.19. The van der Waals surface area contributed by atoms with Gasteiger partial charge in [-0.05, 0) is 15.9 Å². The van der Waals surface area contributed by atoms with Gasteiger partial charge in [0.25, 0.3) is 0 Å². The number of hydrogen-bond acceptors (Lipinski definition) is 4. The summed E-state index contributed by atoms with van der Waals surface area (Å²) in [5.74, 6) is -1.40. The van der Waals surface area contributed by atoms with E-state index >= 15 is 0 Å². The second kappa shape index (κ2) is 3.94. The van der Waals surface area contributed by atoms with Gasteiger partial charge in [0.05, 0.1) is 6.20 Å². The lowest BCUT2D eigenvalue weighted by Crippen LogP contribution is -2.17. The minimum absolute atomic E-state index is 0.369. The number of aromatic hydroxyl groups is 1. The zero-order valence-corrected chi connectivity index (χ0v) is 8.43. The molecule has 0 amide bonds. The van der Waals surface area contributed by atoms with Crippen LogP contribution in [0.5, 0.6) is 11.5 Å². The van der Waals surface area contributed by atoms with Crippen molar-refractivity contribution in [1.82, 2.24) is 4.98 Å². The van der Waals surface area contributed by atoms with Crippen LogP contribution in [0.25, 0.3) is 0 Å². The number of ether oxygens (including phenoxy) is 1. The largest absolute Gasteiger partial charge is 0.573 e. The van der Waals surface area contributed by atoms with Gasteiger partial charge in [0, 0.05) is 0 Å². The molecule has 0 spiro atoms. The Balaban J connectivity index is 3.14. The van der Waals surface area contributed by atoms with E-state index in [-0.39, 0.29) is 4.47 Å². The van der Waals surface area contributed by atoms with Crippen molar-refractivity contribution in [3.8, 4) is 17.6 Å². The average molecular weight is 283 g/mol. The average Bonchev–Trinajstić information content (AvgIpc) is 2.11. The van der Waals surface area contributed by atoms with Crippen molar-refractivity contribution in [2.75, 3.05) is 0 Å². The summed E-state index contributed by atoms with van der Waals surface area (Å²) in [5.41, 5.74) is -0.392. The van der Waals surface area contributed by atoms with E-state index in [1.165, 1.54) is 6.07 Å². The highest BCUT2D eigenvalue weighted by atomic mass is 79.9. The van der Waals surface area contributed by atoms with Crippen LogP contribution in [0.2, 0.25) is 0 Å². The maximum atomic E-state index is 11.8. The Bertz CT molecular complexity index is 427. The maximum absolute atomic E-state index is 11.8. The predicted molar refractivity (Wildman–Crippen MR) is 45.0 cm³/mol. The first-order valence-electron chi connectivity index (χ1n) is 3.38. The third-order valence-electron chi connectivity index (χ3n) is 1.29. The number of alkyl halides is 3. The van der Waals surface area contributed by atoms with Gasteiger partial charge in [0.15, 0.2) is 17.2 Å². The first-order valence-corrected chi connectivity index (χ1v) is 4.17. The minimum Gasteiger partial charge on any atom is -0.504 e. The Morgan fingerprint density at radius 3 is 2.60 bits per heavy atom. The minimum atomic E-state index is -4.88. The summed E-state index contributed by atoms with van der Waals surface area (Å²) in [6, 6.07) is 1.50. The molecule has 0 radical (unpaired) electrons. The van der Waals surface area contributed by atoms with Gasteiger partial charge in [-0.2, -0.15) is 5.26 Å². The van der Waals surface area contributed by atoms with E-state index < -0.39 is 23.6 Å². The zero-order chi connectivity index (χ0) is 11.6. The first kappa shape index (κ1) is 11.6. The van der Waals surface area contributed by atoms with Gasteiger partial charge < -0.3 is 9.84 Å². The number of hydrogen-bond donors (Lipinski definition) is 1. The highest BCUT2D eigenvalue weighted by molar-refractivity contribution is 9.10. The van der Waals surface area contributed by atoms with Crippen LogP contribution in [-0.4, -0.2) is 16.5 Å². The molecule has 4 nitrogen and oxygen atoms in total. The van der Waals surface area contributed by atoms with Gasteiger partial charge in [-0.3, -0.25) is 0 Å². The molecule has 1 aromatic rings. The van der Waals surface area contributed by atoms with E-state index in [0.717, 1.165) is 0 Å². The van der Waals surface area contributed by atoms with Crippen LogP contribution in [0, 0.1) is 11.3 Å². The number of nitriles is 1. The van der Waals surface area contributed by atoms with Crippen LogP contribution in [-0.2, 0) is 0 Å². The number of pyridine rings is 1. The molecule has 0 aliphatic heterocycles. The van der Waals surface area contributed by atoms with Gasteiger partial charge in [-0.1, -0.05) is 0 Å². The molecular weight excluding hydrogens is 281 g/mol. The number of rotatable bonds is 1. The topological polar surface area (TPSA) is 66.1 Å². The molecule has 0 aromatic carbocycles. The third-order valence-corrected chi connectivity index (χ3v) is 2.06. The summed E-state index contributed by atoms with van der Waals surface area (Å²) >= 11 is 2.66. The quantitative estimate of drug-likeness (QED) is 0.858. The van der Waals surface area contributed by atoms with Crippen molar-refractivity contribution < 1.29 is 23.0 Å². The normalized spacial score (nSPS) is 10.9. The lowest BCUT2D eigenvalue weighted by atomic mass is 10.3. The van der Waals surface area contributed by atoms with Gasteiger partial charge in [-0.15, -0.1) is 13.2 Å². The van der Waals surface area contributed by atoms with Crippen molar-refractivity contribution in [2.45, 2.75) is 6.36 Å². The Morgan fingerprint density at radius 1 is 1.53 bits per heavy atom. The van der Waals surface area contributed by atoms with Crippen LogP contribution < -0.4 is 4.74 Å². The van der Waals surface area contributed by atoms with E-state index in [1.54, 1.807) is 0 Å². The Hall–Kier alpha value is -1.49. The molecule has 80 valence electrons. The van der Waals surface area contributed by atoms with Gasteiger partial charge in [0.2, 0.25) is 0 Å². The fraction of sp³-hybridized carbons (Fsp3) is 0.143. The molecule has 0 aliphatic rings. The summed E-state index contributed by atoms with van der Waals surface area (Å²) in [7, 11) is 0. The molecule has 1 N–H and O–H groups in total. The van der Waals surface area contributed by atoms with E-state index in [0.29, 0.717) is 6.20 Å². The Kier molecular flexibility index (Phi) is 3.04. The highest BCUT2D eigenvalue weighted by Crippen LogP contribution is 2.37. The van der Waals surface area contributed by atoms with Crippen LogP contribution in [0.4, 0.5) is 13.2 Å². The third kappa shape index (κ3) is 2.73. The molecule has 0 bridgehead atoms. The first-order chi connectivity index (χ1) is 6.85. The van der Waals surface area contributed by atoms with Gasteiger partial charge in [-0.25, -0.2) is 4.98 Å². The summed E-state index contributed by atoms with van der Waals surface area (Å²) in [6.45, 7) is 0. The van der Waals surface area contributed by atoms with Crippen molar-refractivity contribution in [2.24, 2.45) is 0 Å². The number of nitrogens with zero attached hydrogens (tertiary/aromatic N) is 2. The monoisotopic (exact) mass is 282 g/mol. The lowest BCUT2D eigenvalue weighted by molar-refractivity contribution is -0.275. The molecule has 1 rings (SSSR count). The van der Waals surface area contributed by atoms with Gasteiger partial charge >= 0.3 is 6.36 Å². The molecule has 8 heteroatoms. The fourth-order valence-electron chi connectivity index (χ4n) is 0.739. The van der Waals surface area contributed by atoms with Crippen LogP contribution in [0.1, 0.15) is 5.69 Å². The molecule has 0 unspecified atom stereocenters. The van der Waals surface area contributed by atoms with Crippen molar-refractivity contribution in [1.29, 1.82) is 5.26 Å². The molecule has 1 aromatic heterocycles. The number of aromatic nitrogens is 1. The number of halogens is 4. The predicted octanol–water partition coefficient (Wildman–Crippen LogP) is 2.32. The molecule has 15 heavy (non-hydrogen) atoms. The summed E-state index contributed by atoms with van der Waals surface area (Å²) < 4.78 is 38.6. The standard InChI is InChI=1S/C7H2BrF3N2O2/c8-5-4(15-7(9,10)11)2-13-3(1-12)6(5)14/h2,14H. The molecular formula is C7H2BrF3N2O2. The van der Waals surface area contributed by atoms with E-state index in [9.17, 15) is 18.3 Å². The van der Waals surface area contributed by atoms with E-state index in [2.05, 4.69) is 25.7 Å².